The number of benzene rings is 3. The summed E-state index contributed by atoms with van der Waals surface area (Å²) < 4.78 is 20.3. The van der Waals surface area contributed by atoms with Crippen molar-refractivity contribution in [3.63, 3.8) is 0 Å². The van der Waals surface area contributed by atoms with Crippen molar-refractivity contribution < 1.29 is 24.4 Å². The van der Waals surface area contributed by atoms with Gasteiger partial charge in [0.1, 0.15) is 6.61 Å². The molecule has 7 rings (SSSR count). The molecule has 4 N–H and O–H groups in total. The van der Waals surface area contributed by atoms with Gasteiger partial charge in [-0.25, -0.2) is 4.98 Å². The Labute approximate surface area is 275 Å². The van der Waals surface area contributed by atoms with Crippen LogP contribution in [0, 0.1) is 5.92 Å². The number of imidazole rings is 1. The minimum absolute atomic E-state index is 0.0463. The van der Waals surface area contributed by atoms with Gasteiger partial charge in [-0.15, -0.1) is 0 Å². The summed E-state index contributed by atoms with van der Waals surface area (Å²) in [5.41, 5.74) is 10.2. The van der Waals surface area contributed by atoms with Crippen molar-refractivity contribution in [2.24, 2.45) is 5.92 Å². The Morgan fingerprint density at radius 2 is 1.36 bits per heavy atom. The molecule has 4 atom stereocenters. The quantitative estimate of drug-likeness (QED) is 0.168. The van der Waals surface area contributed by atoms with Crippen LogP contribution < -0.4 is 10.5 Å². The van der Waals surface area contributed by atoms with Gasteiger partial charge in [-0.3, -0.25) is 0 Å². The number of nitrogen functional groups attached to an aromatic ring is 1. The van der Waals surface area contributed by atoms with Gasteiger partial charge in [0, 0.05) is 5.92 Å². The third-order valence-electron chi connectivity index (χ3n) is 8.82. The molecule has 0 spiro atoms. The van der Waals surface area contributed by atoms with Gasteiger partial charge >= 0.3 is 0 Å². The minimum atomic E-state index is -0.756. The molecule has 0 bridgehead atoms. The third kappa shape index (κ3) is 8.52. The number of rotatable bonds is 11. The van der Waals surface area contributed by atoms with Gasteiger partial charge in [0.25, 0.3) is 0 Å². The normalized spacial score (nSPS) is 21.1. The predicted octanol–water partition coefficient (Wildman–Crippen LogP) is 5.63. The van der Waals surface area contributed by atoms with Crippen LogP contribution in [0.4, 0.5) is 5.95 Å². The monoisotopic (exact) mass is 637 g/mol. The summed E-state index contributed by atoms with van der Waals surface area (Å²) in [6.45, 7) is 1.57. The van der Waals surface area contributed by atoms with E-state index >= 15 is 0 Å². The highest BCUT2D eigenvalue weighted by atomic mass is 16.5. The van der Waals surface area contributed by atoms with Gasteiger partial charge in [0.2, 0.25) is 11.8 Å². The van der Waals surface area contributed by atoms with E-state index < -0.39 is 6.10 Å². The number of aliphatic hydroxyl groups excluding tert-OH is 2. The van der Waals surface area contributed by atoms with Gasteiger partial charge in [0.05, 0.1) is 50.5 Å². The van der Waals surface area contributed by atoms with E-state index in [1.807, 2.05) is 95.6 Å². The maximum atomic E-state index is 11.6. The van der Waals surface area contributed by atoms with Gasteiger partial charge in [-0.1, -0.05) is 104 Å². The molecule has 2 fully saturated rings. The molecule has 47 heavy (non-hydrogen) atoms. The number of hydrogen-bond donors (Lipinski definition) is 3. The van der Waals surface area contributed by atoms with Crippen molar-refractivity contribution in [1.82, 2.24) is 19.5 Å². The van der Waals surface area contributed by atoms with E-state index in [0.717, 1.165) is 29.5 Å². The van der Waals surface area contributed by atoms with E-state index in [1.54, 1.807) is 6.33 Å². The van der Waals surface area contributed by atoms with Crippen LogP contribution in [0.3, 0.4) is 0 Å². The number of aromatic nitrogens is 4. The smallest absolute Gasteiger partial charge is 0.247 e. The largest absolute Gasteiger partial charge is 0.471 e. The molecule has 0 aliphatic heterocycles. The Morgan fingerprint density at radius 3 is 1.96 bits per heavy atom. The van der Waals surface area contributed by atoms with E-state index in [2.05, 4.69) is 15.0 Å². The summed E-state index contributed by atoms with van der Waals surface area (Å²) in [5, 5.41) is 20.4. The van der Waals surface area contributed by atoms with Crippen LogP contribution in [-0.4, -0.2) is 54.7 Å². The van der Waals surface area contributed by atoms with E-state index in [-0.39, 0.29) is 30.1 Å². The van der Waals surface area contributed by atoms with E-state index in [0.29, 0.717) is 49.9 Å². The molecule has 5 aromatic rings. The van der Waals surface area contributed by atoms with Crippen molar-refractivity contribution in [2.45, 2.75) is 76.3 Å². The van der Waals surface area contributed by atoms with E-state index in [4.69, 9.17) is 25.1 Å². The lowest BCUT2D eigenvalue weighted by Gasteiger charge is -2.23. The standard InChI is InChI=1S/C32H33N5O4.C5H10O/c33-32-35-30-28(31(36-32)41-19-24-14-8-3-9-15-24)34-21-37(30)26-16-27(40-18-23-12-6-2-7-13-23)25(29(26)38)20-39-17-22-10-4-1-5-11-22;6-5-3-1-2-4-5/h1-15,21,25-27,29,38H,16-20H2,(H2,33,35,36);5-6H,1-4H2/t25-,26+,27+,29+;/m1./s1. The highest BCUT2D eigenvalue weighted by molar-refractivity contribution is 5.77. The molecule has 246 valence electrons. The molecular formula is C37H43N5O5. The molecule has 0 unspecified atom stereocenters. The Balaban J connectivity index is 0.000000580. The van der Waals surface area contributed by atoms with Crippen molar-refractivity contribution in [3.05, 3.63) is 114 Å². The molecule has 0 amide bonds. The Morgan fingerprint density at radius 1 is 0.766 bits per heavy atom. The number of aliphatic hydroxyl groups is 2. The number of nitrogens with zero attached hydrogens (tertiary/aromatic N) is 4. The van der Waals surface area contributed by atoms with Crippen LogP contribution in [0.15, 0.2) is 97.3 Å². The lowest BCUT2D eigenvalue weighted by atomic mass is 10.0. The zero-order chi connectivity index (χ0) is 32.4. The Bertz CT molecular complexity index is 1660. The van der Waals surface area contributed by atoms with Gasteiger partial charge in [-0.2, -0.15) is 9.97 Å². The molecule has 10 heteroatoms. The second kappa shape index (κ2) is 16.0. The fourth-order valence-corrected chi connectivity index (χ4v) is 6.28. The minimum Gasteiger partial charge on any atom is -0.471 e. The second-order valence-corrected chi connectivity index (χ2v) is 12.2. The summed E-state index contributed by atoms with van der Waals surface area (Å²) >= 11 is 0. The first-order chi connectivity index (χ1) is 23.0. The fourth-order valence-electron chi connectivity index (χ4n) is 6.28. The highest BCUT2D eigenvalue weighted by Gasteiger charge is 2.45. The first-order valence-corrected chi connectivity index (χ1v) is 16.3. The molecule has 2 saturated carbocycles. The topological polar surface area (TPSA) is 138 Å². The number of hydrogen-bond acceptors (Lipinski definition) is 9. The van der Waals surface area contributed by atoms with Crippen LogP contribution in [0.1, 0.15) is 54.8 Å². The van der Waals surface area contributed by atoms with Crippen molar-refractivity contribution in [2.75, 3.05) is 12.3 Å². The molecule has 3 aromatic carbocycles. The van der Waals surface area contributed by atoms with E-state index in [1.165, 1.54) is 12.8 Å². The Hall–Kier alpha value is -4.35. The van der Waals surface area contributed by atoms with Gasteiger partial charge < -0.3 is 34.7 Å². The first-order valence-electron chi connectivity index (χ1n) is 16.3. The second-order valence-electron chi connectivity index (χ2n) is 12.2. The molecule has 0 saturated heterocycles. The molecule has 2 aliphatic rings. The summed E-state index contributed by atoms with van der Waals surface area (Å²) in [6.07, 6.45) is 5.84. The zero-order valence-corrected chi connectivity index (χ0v) is 26.5. The van der Waals surface area contributed by atoms with Crippen LogP contribution in [0.25, 0.3) is 11.2 Å². The third-order valence-corrected chi connectivity index (χ3v) is 8.82. The zero-order valence-electron chi connectivity index (χ0n) is 26.5. The molecule has 0 radical (unpaired) electrons. The molecular weight excluding hydrogens is 594 g/mol. The lowest BCUT2D eigenvalue weighted by Crippen LogP contribution is -2.31. The van der Waals surface area contributed by atoms with Crippen LogP contribution in [-0.2, 0) is 29.3 Å². The molecule has 2 aliphatic carbocycles. The summed E-state index contributed by atoms with van der Waals surface area (Å²) in [7, 11) is 0. The van der Waals surface area contributed by atoms with Gasteiger partial charge in [-0.05, 0) is 36.0 Å². The summed E-state index contributed by atoms with van der Waals surface area (Å²) in [6, 6.07) is 29.5. The highest BCUT2D eigenvalue weighted by Crippen LogP contribution is 2.40. The van der Waals surface area contributed by atoms with Crippen molar-refractivity contribution in [1.29, 1.82) is 0 Å². The first kappa shape index (κ1) is 32.6. The number of nitrogens with two attached hydrogens (primary N) is 1. The van der Waals surface area contributed by atoms with Crippen molar-refractivity contribution >= 4 is 17.1 Å². The SMILES string of the molecule is Nc1nc(OCc2ccccc2)c2ncn([C@H]3C[C@H](OCc4ccccc4)[C@@H](COCc4ccccc4)[C@@H]3O)c2n1.OC1CCCC1. The van der Waals surface area contributed by atoms with Crippen LogP contribution in [0.5, 0.6) is 5.88 Å². The van der Waals surface area contributed by atoms with Crippen LogP contribution >= 0.6 is 0 Å². The number of anilines is 1. The average Bonchev–Trinajstić information content (AvgIpc) is 3.83. The van der Waals surface area contributed by atoms with Crippen molar-refractivity contribution in [3.8, 4) is 5.88 Å². The molecule has 2 aromatic heterocycles. The maximum absolute atomic E-state index is 11.6. The average molecular weight is 638 g/mol. The summed E-state index contributed by atoms with van der Waals surface area (Å²) in [4.78, 5) is 13.3. The predicted molar refractivity (Wildman–Crippen MR) is 179 cm³/mol. The fraction of sp³-hybridized carbons (Fsp3) is 0.378. The maximum Gasteiger partial charge on any atom is 0.247 e. The molecule has 2 heterocycles. The molecule has 10 nitrogen and oxygen atoms in total. The summed E-state index contributed by atoms with van der Waals surface area (Å²) in [5.74, 6) is 0.134. The van der Waals surface area contributed by atoms with Gasteiger partial charge in [0.15, 0.2) is 11.2 Å². The number of ether oxygens (including phenoxy) is 3. The van der Waals surface area contributed by atoms with E-state index in [9.17, 15) is 5.11 Å². The Kier molecular flexibility index (Phi) is 11.1. The lowest BCUT2D eigenvalue weighted by molar-refractivity contribution is -0.0475. The number of fused-ring (bicyclic) bond motifs is 1. The van der Waals surface area contributed by atoms with Crippen LogP contribution in [0.2, 0.25) is 0 Å².